The number of benzene rings is 1. The summed E-state index contributed by atoms with van der Waals surface area (Å²) >= 11 is 0. The summed E-state index contributed by atoms with van der Waals surface area (Å²) in [4.78, 5) is 10.7. The number of hydrogen-bond acceptors (Lipinski definition) is 3. The highest BCUT2D eigenvalue weighted by Crippen LogP contribution is 2.29. The highest BCUT2D eigenvalue weighted by molar-refractivity contribution is 5.94. The average molecular weight is 246 g/mol. The Morgan fingerprint density at radius 2 is 2.00 bits per heavy atom. The molecule has 0 bridgehead atoms. The minimum Gasteiger partial charge on any atom is -0.382 e. The van der Waals surface area contributed by atoms with Gasteiger partial charge in [0.1, 0.15) is 17.5 Å². The summed E-state index contributed by atoms with van der Waals surface area (Å²) in [6, 6.07) is 2.07. The van der Waals surface area contributed by atoms with Gasteiger partial charge in [-0.3, -0.25) is 4.98 Å². The third-order valence-electron chi connectivity index (χ3n) is 2.64. The normalized spacial score (nSPS) is 11.0. The van der Waals surface area contributed by atoms with E-state index in [-0.39, 0.29) is 11.3 Å². The Kier molecular flexibility index (Phi) is 2.22. The summed E-state index contributed by atoms with van der Waals surface area (Å²) in [5.41, 5.74) is 6.79. The molecule has 2 aromatic heterocycles. The molecule has 90 valence electrons. The molecule has 0 spiro atoms. The molecule has 18 heavy (non-hydrogen) atoms. The second-order valence-corrected chi connectivity index (χ2v) is 3.84. The van der Waals surface area contributed by atoms with Crippen LogP contribution in [0.5, 0.6) is 0 Å². The standard InChI is InChI=1S/C12H8F2N4/c13-6-1-7-8(3-17-12(7)9(14)2-6)10-4-16-5-11(15)18-10/h1-5,17H,(H2,15,18). The van der Waals surface area contributed by atoms with Crippen LogP contribution in [0, 0.1) is 11.6 Å². The summed E-state index contributed by atoms with van der Waals surface area (Å²) in [6.07, 6.45) is 4.44. The third kappa shape index (κ3) is 1.58. The van der Waals surface area contributed by atoms with Crippen LogP contribution in [0.2, 0.25) is 0 Å². The zero-order valence-electron chi connectivity index (χ0n) is 9.11. The molecular formula is C12H8F2N4. The molecule has 0 saturated carbocycles. The molecule has 0 radical (unpaired) electrons. The first kappa shape index (κ1) is 10.6. The van der Waals surface area contributed by atoms with Crippen LogP contribution in [0.4, 0.5) is 14.6 Å². The first-order valence-electron chi connectivity index (χ1n) is 5.19. The molecule has 0 atom stereocenters. The summed E-state index contributed by atoms with van der Waals surface area (Å²) in [5, 5.41) is 0.410. The summed E-state index contributed by atoms with van der Waals surface area (Å²) in [7, 11) is 0. The third-order valence-corrected chi connectivity index (χ3v) is 2.64. The first-order valence-corrected chi connectivity index (χ1v) is 5.19. The van der Waals surface area contributed by atoms with Crippen molar-refractivity contribution >= 4 is 16.7 Å². The van der Waals surface area contributed by atoms with Gasteiger partial charge in [0.15, 0.2) is 0 Å². The van der Waals surface area contributed by atoms with Crippen molar-refractivity contribution in [2.24, 2.45) is 0 Å². The van der Waals surface area contributed by atoms with Crippen molar-refractivity contribution < 1.29 is 8.78 Å². The molecule has 3 N–H and O–H groups in total. The molecule has 1 aromatic carbocycles. The molecule has 6 heteroatoms. The topological polar surface area (TPSA) is 67.6 Å². The highest BCUT2D eigenvalue weighted by Gasteiger charge is 2.12. The van der Waals surface area contributed by atoms with Gasteiger partial charge in [-0.25, -0.2) is 13.8 Å². The van der Waals surface area contributed by atoms with E-state index in [1.807, 2.05) is 0 Å². The Morgan fingerprint density at radius 3 is 2.78 bits per heavy atom. The van der Waals surface area contributed by atoms with Gasteiger partial charge in [-0.2, -0.15) is 0 Å². The number of rotatable bonds is 1. The lowest BCUT2D eigenvalue weighted by molar-refractivity contribution is 0.591. The number of hydrogen-bond donors (Lipinski definition) is 2. The van der Waals surface area contributed by atoms with Gasteiger partial charge in [0.2, 0.25) is 0 Å². The minimum absolute atomic E-state index is 0.232. The maximum atomic E-state index is 13.5. The van der Waals surface area contributed by atoms with Crippen molar-refractivity contribution in [2.75, 3.05) is 5.73 Å². The van der Waals surface area contributed by atoms with Gasteiger partial charge in [-0.15, -0.1) is 0 Å². The van der Waals surface area contributed by atoms with Gasteiger partial charge in [0, 0.05) is 23.2 Å². The van der Waals surface area contributed by atoms with Crippen LogP contribution in [-0.4, -0.2) is 15.0 Å². The summed E-state index contributed by atoms with van der Waals surface area (Å²) in [5.74, 6) is -1.04. The number of nitrogens with two attached hydrogens (primary N) is 1. The van der Waals surface area contributed by atoms with Gasteiger partial charge in [-0.1, -0.05) is 0 Å². The molecule has 0 aliphatic heterocycles. The maximum Gasteiger partial charge on any atom is 0.150 e. The SMILES string of the molecule is Nc1cncc(-c2c[nH]c3c(F)cc(F)cc23)n1. The Morgan fingerprint density at radius 1 is 1.17 bits per heavy atom. The number of nitrogens with one attached hydrogen (secondary N) is 1. The van der Waals surface area contributed by atoms with E-state index in [1.165, 1.54) is 18.5 Å². The van der Waals surface area contributed by atoms with E-state index in [9.17, 15) is 8.78 Å². The number of fused-ring (bicyclic) bond motifs is 1. The molecule has 3 rings (SSSR count). The largest absolute Gasteiger partial charge is 0.382 e. The second kappa shape index (κ2) is 3.76. The Hall–Kier alpha value is -2.50. The van der Waals surface area contributed by atoms with Crippen LogP contribution in [0.15, 0.2) is 30.7 Å². The maximum absolute atomic E-state index is 13.5. The number of anilines is 1. The zero-order valence-corrected chi connectivity index (χ0v) is 9.11. The summed E-state index contributed by atoms with van der Waals surface area (Å²) in [6.45, 7) is 0. The van der Waals surface area contributed by atoms with Crippen molar-refractivity contribution in [3.8, 4) is 11.3 Å². The molecule has 4 nitrogen and oxygen atoms in total. The van der Waals surface area contributed by atoms with Crippen LogP contribution >= 0.6 is 0 Å². The predicted molar refractivity (Wildman–Crippen MR) is 63.7 cm³/mol. The monoisotopic (exact) mass is 246 g/mol. The Bertz CT molecular complexity index is 736. The van der Waals surface area contributed by atoms with Gasteiger partial charge < -0.3 is 10.7 Å². The Balaban J connectivity index is 2.30. The van der Waals surface area contributed by atoms with Crippen molar-refractivity contribution in [3.05, 3.63) is 42.4 Å². The van der Waals surface area contributed by atoms with Crippen LogP contribution in [0.3, 0.4) is 0 Å². The predicted octanol–water partition coefficient (Wildman–Crippen LogP) is 2.49. The minimum atomic E-state index is -0.645. The van der Waals surface area contributed by atoms with Gasteiger partial charge >= 0.3 is 0 Å². The van der Waals surface area contributed by atoms with Crippen LogP contribution in [0.1, 0.15) is 0 Å². The fourth-order valence-electron chi connectivity index (χ4n) is 1.88. The number of aromatic amines is 1. The molecule has 0 fully saturated rings. The van der Waals surface area contributed by atoms with Crippen LogP contribution in [0.25, 0.3) is 22.2 Å². The van der Waals surface area contributed by atoms with E-state index < -0.39 is 11.6 Å². The van der Waals surface area contributed by atoms with Gasteiger partial charge in [-0.05, 0) is 6.07 Å². The number of halogens is 2. The molecule has 0 aliphatic rings. The van der Waals surface area contributed by atoms with E-state index in [0.717, 1.165) is 6.07 Å². The van der Waals surface area contributed by atoms with E-state index >= 15 is 0 Å². The van der Waals surface area contributed by atoms with E-state index in [0.29, 0.717) is 16.6 Å². The zero-order chi connectivity index (χ0) is 12.7. The first-order chi connectivity index (χ1) is 8.65. The number of nitrogens with zero attached hydrogens (tertiary/aromatic N) is 2. The smallest absolute Gasteiger partial charge is 0.150 e. The van der Waals surface area contributed by atoms with Crippen molar-refractivity contribution in [3.63, 3.8) is 0 Å². The van der Waals surface area contributed by atoms with Crippen LogP contribution < -0.4 is 5.73 Å². The molecule has 0 unspecified atom stereocenters. The van der Waals surface area contributed by atoms with Gasteiger partial charge in [0.05, 0.1) is 23.6 Å². The second-order valence-electron chi connectivity index (χ2n) is 3.84. The van der Waals surface area contributed by atoms with Gasteiger partial charge in [0.25, 0.3) is 0 Å². The lowest BCUT2D eigenvalue weighted by Crippen LogP contribution is -1.93. The lowest BCUT2D eigenvalue weighted by atomic mass is 10.1. The van der Waals surface area contributed by atoms with Crippen molar-refractivity contribution in [1.29, 1.82) is 0 Å². The fraction of sp³-hybridized carbons (Fsp3) is 0. The van der Waals surface area contributed by atoms with Crippen LogP contribution in [-0.2, 0) is 0 Å². The molecular weight excluding hydrogens is 238 g/mol. The molecule has 3 aromatic rings. The molecule has 0 saturated heterocycles. The number of nitrogen functional groups attached to an aromatic ring is 1. The number of aromatic nitrogens is 3. The quantitative estimate of drug-likeness (QED) is 0.693. The Labute approximate surface area is 100 Å². The highest BCUT2D eigenvalue weighted by atomic mass is 19.1. The summed E-state index contributed by atoms with van der Waals surface area (Å²) < 4.78 is 26.8. The van der Waals surface area contributed by atoms with E-state index in [2.05, 4.69) is 15.0 Å². The van der Waals surface area contributed by atoms with Crippen molar-refractivity contribution in [1.82, 2.24) is 15.0 Å². The number of H-pyrrole nitrogens is 1. The average Bonchev–Trinajstić information content (AvgIpc) is 2.72. The lowest BCUT2D eigenvalue weighted by Gasteiger charge is -2.00. The molecule has 0 amide bonds. The van der Waals surface area contributed by atoms with E-state index in [1.54, 1.807) is 6.20 Å². The molecule has 2 heterocycles. The molecule has 0 aliphatic carbocycles. The van der Waals surface area contributed by atoms with E-state index in [4.69, 9.17) is 5.73 Å². The fourth-order valence-corrected chi connectivity index (χ4v) is 1.88. The van der Waals surface area contributed by atoms with Crippen molar-refractivity contribution in [2.45, 2.75) is 0 Å².